The molecule has 0 radical (unpaired) electrons. The first-order valence-corrected chi connectivity index (χ1v) is 9.28. The van der Waals surface area contributed by atoms with Gasteiger partial charge in [-0.2, -0.15) is 0 Å². The van der Waals surface area contributed by atoms with Crippen molar-refractivity contribution >= 4 is 35.8 Å². The van der Waals surface area contributed by atoms with Crippen molar-refractivity contribution in [2.24, 2.45) is 4.99 Å². The SMILES string of the molecule is CN=C(NCCC(=O)N(C)Cc1ccccc1)NCc1ccc(C)cc1C.I. The van der Waals surface area contributed by atoms with E-state index in [-0.39, 0.29) is 29.9 Å². The number of carbonyl (C=O) groups is 1. The van der Waals surface area contributed by atoms with Crippen LogP contribution in [0.2, 0.25) is 0 Å². The number of nitrogens with zero attached hydrogens (tertiary/aromatic N) is 2. The average molecular weight is 494 g/mol. The highest BCUT2D eigenvalue weighted by Gasteiger charge is 2.09. The molecule has 2 aromatic rings. The number of nitrogens with one attached hydrogen (secondary N) is 2. The smallest absolute Gasteiger partial charge is 0.224 e. The van der Waals surface area contributed by atoms with Gasteiger partial charge in [-0.1, -0.05) is 54.1 Å². The lowest BCUT2D eigenvalue weighted by Crippen LogP contribution is -2.39. The summed E-state index contributed by atoms with van der Waals surface area (Å²) in [6.07, 6.45) is 0.424. The molecule has 2 N–H and O–H groups in total. The number of benzene rings is 2. The molecule has 0 aliphatic heterocycles. The van der Waals surface area contributed by atoms with Crippen LogP contribution in [0.4, 0.5) is 0 Å². The van der Waals surface area contributed by atoms with Gasteiger partial charge in [-0.05, 0) is 30.5 Å². The molecule has 0 fully saturated rings. The highest BCUT2D eigenvalue weighted by Crippen LogP contribution is 2.10. The maximum Gasteiger partial charge on any atom is 0.224 e. The van der Waals surface area contributed by atoms with Crippen LogP contribution in [0.5, 0.6) is 0 Å². The number of carbonyl (C=O) groups excluding carboxylic acids is 1. The van der Waals surface area contributed by atoms with Gasteiger partial charge in [0.25, 0.3) is 0 Å². The first-order chi connectivity index (χ1) is 13.0. The summed E-state index contributed by atoms with van der Waals surface area (Å²) in [5.74, 6) is 0.810. The highest BCUT2D eigenvalue weighted by atomic mass is 127. The third kappa shape index (κ3) is 7.88. The van der Waals surface area contributed by atoms with Gasteiger partial charge < -0.3 is 15.5 Å². The largest absolute Gasteiger partial charge is 0.356 e. The maximum atomic E-state index is 12.3. The molecule has 0 unspecified atom stereocenters. The third-order valence-electron chi connectivity index (χ3n) is 4.49. The van der Waals surface area contributed by atoms with E-state index in [1.165, 1.54) is 16.7 Å². The minimum Gasteiger partial charge on any atom is -0.356 e. The minimum atomic E-state index is 0. The van der Waals surface area contributed by atoms with Crippen LogP contribution < -0.4 is 10.6 Å². The number of aryl methyl sites for hydroxylation is 2. The van der Waals surface area contributed by atoms with Crippen molar-refractivity contribution in [1.82, 2.24) is 15.5 Å². The van der Waals surface area contributed by atoms with E-state index in [2.05, 4.69) is 47.7 Å². The summed E-state index contributed by atoms with van der Waals surface area (Å²) >= 11 is 0. The first kappa shape index (κ1) is 23.9. The number of hydrogen-bond acceptors (Lipinski definition) is 2. The van der Waals surface area contributed by atoms with E-state index in [9.17, 15) is 4.79 Å². The highest BCUT2D eigenvalue weighted by molar-refractivity contribution is 14.0. The van der Waals surface area contributed by atoms with Crippen LogP contribution in [0, 0.1) is 13.8 Å². The van der Waals surface area contributed by atoms with E-state index in [1.54, 1.807) is 11.9 Å². The Balaban J connectivity index is 0.00000392. The van der Waals surface area contributed by atoms with Crippen LogP contribution in [-0.2, 0) is 17.9 Å². The van der Waals surface area contributed by atoms with Crippen molar-refractivity contribution in [2.45, 2.75) is 33.4 Å². The molecule has 0 aliphatic rings. The topological polar surface area (TPSA) is 56.7 Å². The molecule has 0 saturated heterocycles. The van der Waals surface area contributed by atoms with E-state index < -0.39 is 0 Å². The Morgan fingerprint density at radius 2 is 1.79 bits per heavy atom. The number of rotatable bonds is 7. The van der Waals surface area contributed by atoms with Crippen LogP contribution in [0.1, 0.15) is 28.7 Å². The molecule has 6 heteroatoms. The Kier molecular flexibility index (Phi) is 10.6. The van der Waals surface area contributed by atoms with E-state index in [4.69, 9.17) is 0 Å². The fourth-order valence-electron chi connectivity index (χ4n) is 2.87. The second-order valence-corrected chi connectivity index (χ2v) is 6.77. The van der Waals surface area contributed by atoms with Gasteiger partial charge in [0.1, 0.15) is 0 Å². The predicted octanol–water partition coefficient (Wildman–Crippen LogP) is 3.64. The van der Waals surface area contributed by atoms with Gasteiger partial charge in [0.15, 0.2) is 5.96 Å². The second kappa shape index (κ2) is 12.4. The molecule has 0 heterocycles. The quantitative estimate of drug-likeness (QED) is 0.351. The monoisotopic (exact) mass is 494 g/mol. The van der Waals surface area contributed by atoms with Gasteiger partial charge in [0.05, 0.1) is 0 Å². The van der Waals surface area contributed by atoms with Crippen LogP contribution in [-0.4, -0.2) is 37.4 Å². The lowest BCUT2D eigenvalue weighted by Gasteiger charge is -2.18. The molecule has 2 rings (SSSR count). The zero-order valence-electron chi connectivity index (χ0n) is 17.2. The van der Waals surface area contributed by atoms with Crippen molar-refractivity contribution in [2.75, 3.05) is 20.6 Å². The molecule has 0 bridgehead atoms. The van der Waals surface area contributed by atoms with E-state index >= 15 is 0 Å². The predicted molar refractivity (Wildman–Crippen MR) is 127 cm³/mol. The molecule has 5 nitrogen and oxygen atoms in total. The number of amides is 1. The van der Waals surface area contributed by atoms with Crippen molar-refractivity contribution in [3.05, 3.63) is 70.8 Å². The molecule has 2 aromatic carbocycles. The van der Waals surface area contributed by atoms with Crippen LogP contribution in [0.3, 0.4) is 0 Å². The summed E-state index contributed by atoms with van der Waals surface area (Å²) in [5, 5.41) is 6.51. The molecule has 152 valence electrons. The standard InChI is InChI=1S/C22H30N4O.HI/c1-17-10-11-20(18(2)14-17)15-25-22(23-3)24-13-12-21(27)26(4)16-19-8-6-5-7-9-19;/h5-11,14H,12-13,15-16H2,1-4H3,(H2,23,24,25);1H. The number of hydrogen-bond donors (Lipinski definition) is 2. The summed E-state index contributed by atoms with van der Waals surface area (Å²) in [6.45, 7) is 6.08. The summed E-state index contributed by atoms with van der Waals surface area (Å²) in [6, 6.07) is 16.4. The number of aliphatic imine (C=N–C) groups is 1. The lowest BCUT2D eigenvalue weighted by molar-refractivity contribution is -0.130. The van der Waals surface area contributed by atoms with Crippen LogP contribution in [0.25, 0.3) is 0 Å². The van der Waals surface area contributed by atoms with E-state index in [1.807, 2.05) is 37.4 Å². The fraction of sp³-hybridized carbons (Fsp3) is 0.364. The van der Waals surface area contributed by atoms with E-state index in [0.717, 1.165) is 5.56 Å². The van der Waals surface area contributed by atoms with Gasteiger partial charge in [-0.3, -0.25) is 9.79 Å². The minimum absolute atomic E-state index is 0. The van der Waals surface area contributed by atoms with Gasteiger partial charge >= 0.3 is 0 Å². The van der Waals surface area contributed by atoms with Crippen LogP contribution in [0.15, 0.2) is 53.5 Å². The molecule has 0 saturated carbocycles. The van der Waals surface area contributed by atoms with Gasteiger partial charge in [-0.25, -0.2) is 0 Å². The number of halogens is 1. The molecule has 0 atom stereocenters. The fourth-order valence-corrected chi connectivity index (χ4v) is 2.87. The summed E-state index contributed by atoms with van der Waals surface area (Å²) < 4.78 is 0. The molecular weight excluding hydrogens is 463 g/mol. The van der Waals surface area contributed by atoms with Crippen molar-refractivity contribution in [3.8, 4) is 0 Å². The molecule has 0 aliphatic carbocycles. The van der Waals surface area contributed by atoms with Crippen molar-refractivity contribution in [3.63, 3.8) is 0 Å². The zero-order valence-corrected chi connectivity index (χ0v) is 19.5. The molecule has 28 heavy (non-hydrogen) atoms. The normalized spacial score (nSPS) is 10.8. The van der Waals surface area contributed by atoms with Gasteiger partial charge in [0, 0.05) is 40.2 Å². The summed E-state index contributed by atoms with van der Waals surface area (Å²) in [7, 11) is 3.57. The maximum absolute atomic E-state index is 12.3. The second-order valence-electron chi connectivity index (χ2n) is 6.77. The summed E-state index contributed by atoms with van der Waals surface area (Å²) in [5.41, 5.74) is 4.89. The van der Waals surface area contributed by atoms with Gasteiger partial charge in [0.2, 0.25) is 5.91 Å². The Bertz CT molecular complexity index is 777. The molecule has 1 amide bonds. The Morgan fingerprint density at radius 1 is 1.07 bits per heavy atom. The Morgan fingerprint density at radius 3 is 2.43 bits per heavy atom. The van der Waals surface area contributed by atoms with Gasteiger partial charge in [-0.15, -0.1) is 24.0 Å². The molecule has 0 spiro atoms. The molecular formula is C22H31IN4O. The third-order valence-corrected chi connectivity index (χ3v) is 4.49. The average Bonchev–Trinajstić information content (AvgIpc) is 2.66. The first-order valence-electron chi connectivity index (χ1n) is 9.28. The Labute approximate surface area is 185 Å². The molecule has 0 aromatic heterocycles. The van der Waals surface area contributed by atoms with Crippen molar-refractivity contribution < 1.29 is 4.79 Å². The van der Waals surface area contributed by atoms with Crippen LogP contribution >= 0.6 is 24.0 Å². The zero-order chi connectivity index (χ0) is 19.6. The summed E-state index contributed by atoms with van der Waals surface area (Å²) in [4.78, 5) is 18.3. The van der Waals surface area contributed by atoms with Crippen molar-refractivity contribution in [1.29, 1.82) is 0 Å². The van der Waals surface area contributed by atoms with E-state index in [0.29, 0.717) is 32.0 Å². The number of guanidine groups is 1. The Hall–Kier alpha value is -2.09. The lowest BCUT2D eigenvalue weighted by atomic mass is 10.1.